The van der Waals surface area contributed by atoms with E-state index in [1.165, 1.54) is 195 Å². The van der Waals surface area contributed by atoms with Crippen molar-refractivity contribution < 1.29 is 52.7 Å². The van der Waals surface area contributed by atoms with Gasteiger partial charge >= 0.3 is 0 Å². The van der Waals surface area contributed by atoms with E-state index in [0.717, 1.165) is 58.1 Å². The quantitative estimate of drug-likeness (QED) is 0.122. The van der Waals surface area contributed by atoms with Crippen LogP contribution in [0.25, 0.3) is 44.5 Å². The van der Waals surface area contributed by atoms with Gasteiger partial charge in [0.2, 0.25) is 0 Å². The molecule has 0 aliphatic heterocycles. The number of hydrogen-bond donors (Lipinski definition) is 0. The average molecular weight is 1600 g/mol. The molecular formula is C104H126F12. The lowest BCUT2D eigenvalue weighted by Crippen LogP contribution is -2.08. The second-order valence-corrected chi connectivity index (χ2v) is 33.4. The monoisotopic (exact) mass is 1600 g/mol. The molecule has 0 heterocycles. The highest BCUT2D eigenvalue weighted by Crippen LogP contribution is 2.34. The highest BCUT2D eigenvalue weighted by molar-refractivity contribution is 5.68. The third-order valence-electron chi connectivity index (χ3n) is 22.2. The van der Waals surface area contributed by atoms with Crippen LogP contribution in [0.15, 0.2) is 182 Å². The van der Waals surface area contributed by atoms with Gasteiger partial charge in [0.05, 0.1) is 0 Å². The molecule has 14 rings (SSSR count). The Balaban J connectivity index is 0.000000234. The van der Waals surface area contributed by atoms with Crippen molar-refractivity contribution >= 4 is 0 Å². The normalized spacial score (nSPS) is 17.8. The molecule has 1 unspecified atom stereocenters. The smallest absolute Gasteiger partial charge is 0.167 e. The molecular weight excluding hydrogens is 1480 g/mol. The van der Waals surface area contributed by atoms with E-state index in [-0.39, 0.29) is 44.8 Å². The molecule has 4 aliphatic rings. The summed E-state index contributed by atoms with van der Waals surface area (Å²) in [6.45, 7) is 39.5. The molecule has 0 amide bonds. The first-order chi connectivity index (χ1) is 54.7. The van der Waals surface area contributed by atoms with Crippen LogP contribution in [-0.4, -0.2) is 0 Å². The van der Waals surface area contributed by atoms with Gasteiger partial charge in [-0.25, -0.2) is 52.7 Å². The van der Waals surface area contributed by atoms with E-state index in [9.17, 15) is 52.7 Å². The summed E-state index contributed by atoms with van der Waals surface area (Å²) in [5.74, 6) is -1.58. The van der Waals surface area contributed by atoms with Crippen molar-refractivity contribution in [3.05, 3.63) is 318 Å². The number of allylic oxidation sites excluding steroid dienone is 2. The van der Waals surface area contributed by atoms with Crippen molar-refractivity contribution in [2.75, 3.05) is 0 Å². The Hall–Kier alpha value is -8.90. The maximum absolute atomic E-state index is 13.7. The molecule has 0 nitrogen and oxygen atoms in total. The average Bonchev–Trinajstić information content (AvgIpc) is 0.821. The van der Waals surface area contributed by atoms with Crippen LogP contribution < -0.4 is 0 Å². The van der Waals surface area contributed by atoms with E-state index in [2.05, 4.69) is 99.6 Å². The molecule has 1 atom stereocenters. The lowest BCUT2D eigenvalue weighted by molar-refractivity contribution is 0.308. The summed E-state index contributed by atoms with van der Waals surface area (Å²) in [6, 6.07) is 46.0. The first-order valence-electron chi connectivity index (χ1n) is 41.3. The Labute approximate surface area is 687 Å². The first kappa shape index (κ1) is 97.7. The van der Waals surface area contributed by atoms with Gasteiger partial charge in [0, 0.05) is 27.8 Å². The van der Waals surface area contributed by atoms with Gasteiger partial charge in [0.25, 0.3) is 0 Å². The second-order valence-electron chi connectivity index (χ2n) is 33.4. The van der Waals surface area contributed by atoms with Crippen molar-refractivity contribution in [3.8, 4) is 44.5 Å². The van der Waals surface area contributed by atoms with Crippen LogP contribution in [-0.2, 0) is 0 Å². The van der Waals surface area contributed by atoms with Gasteiger partial charge < -0.3 is 0 Å². The summed E-state index contributed by atoms with van der Waals surface area (Å²) < 4.78 is 161. The fraction of sp³-hybridized carbons (Fsp3) is 0.404. The lowest BCUT2D eigenvalue weighted by atomic mass is 9.84. The van der Waals surface area contributed by atoms with Gasteiger partial charge in [-0.3, -0.25) is 0 Å². The van der Waals surface area contributed by atoms with Crippen LogP contribution in [0.3, 0.4) is 0 Å². The van der Waals surface area contributed by atoms with Crippen molar-refractivity contribution in [2.45, 2.75) is 235 Å². The highest BCUT2D eigenvalue weighted by Gasteiger charge is 2.20. The van der Waals surface area contributed by atoms with E-state index in [1.54, 1.807) is 101 Å². The Kier molecular flexibility index (Phi) is 41.0. The maximum atomic E-state index is 13.7. The number of aryl methyl sites for hydroxylation is 12. The third-order valence-corrected chi connectivity index (χ3v) is 22.2. The van der Waals surface area contributed by atoms with E-state index >= 15 is 0 Å². The molecule has 3 fully saturated rings. The Morgan fingerprint density at radius 1 is 0.198 bits per heavy atom. The summed E-state index contributed by atoms with van der Waals surface area (Å²) in [4.78, 5) is 0. The number of halogens is 12. The maximum Gasteiger partial charge on any atom is 0.167 e. The summed E-state index contributed by atoms with van der Waals surface area (Å²) in [5, 5.41) is 0. The topological polar surface area (TPSA) is 0 Å². The molecule has 0 bridgehead atoms. The summed E-state index contributed by atoms with van der Waals surface area (Å²) >= 11 is 0. The van der Waals surface area contributed by atoms with Gasteiger partial charge in [-0.15, -0.1) is 0 Å². The number of hydrogen-bond acceptors (Lipinski definition) is 0. The zero-order valence-corrected chi connectivity index (χ0v) is 72.4. The fourth-order valence-corrected chi connectivity index (χ4v) is 13.3. The summed E-state index contributed by atoms with van der Waals surface area (Å²) in [6.07, 6.45) is 24.1. The van der Waals surface area contributed by atoms with Crippen molar-refractivity contribution in [1.82, 2.24) is 0 Å². The molecule has 0 N–H and O–H groups in total. The van der Waals surface area contributed by atoms with Crippen molar-refractivity contribution in [1.29, 1.82) is 0 Å². The van der Waals surface area contributed by atoms with Crippen LogP contribution in [0.5, 0.6) is 0 Å². The lowest BCUT2D eigenvalue weighted by Gasteiger charge is -2.22. The van der Waals surface area contributed by atoms with Gasteiger partial charge in [-0.2, -0.15) is 0 Å². The number of rotatable bonds is 4. The third kappa shape index (κ3) is 32.5. The number of benzene rings is 10. The summed E-state index contributed by atoms with van der Waals surface area (Å²) in [5.41, 5.74) is 11.6. The van der Waals surface area contributed by atoms with E-state index in [4.69, 9.17) is 0 Å². The molecule has 3 saturated carbocycles. The van der Waals surface area contributed by atoms with Gasteiger partial charge in [0.15, 0.2) is 46.5 Å². The molecule has 10 aromatic carbocycles. The van der Waals surface area contributed by atoms with Gasteiger partial charge in [-0.1, -0.05) is 299 Å². The molecule has 0 spiro atoms. The zero-order chi connectivity index (χ0) is 86.2. The van der Waals surface area contributed by atoms with Crippen LogP contribution >= 0.6 is 0 Å². The Morgan fingerprint density at radius 3 is 0.707 bits per heavy atom. The van der Waals surface area contributed by atoms with E-state index in [0.29, 0.717) is 44.5 Å². The SMILES string of the molecule is CC1=CCC(C)CC1.CC1CCC(C)CC1.CC1CCC(C)CC1.CC1CCC(C)CC1.Cc1ccc(-c2ccc(C)c(F)c2F)c(F)c1.Cc1ccc(-c2ccc(C)c(F)c2F)cc1.Cc1ccc(-c2ccc(C)c(F)c2F)cc1F.Cc1ccc(-c2ccc(C)c(F)c2F)cc1F.Cc1ccc(C)c(F)c1.Cc1ccc(C)cc1. The second kappa shape index (κ2) is 48.7. The van der Waals surface area contributed by atoms with Crippen LogP contribution in [0.1, 0.15) is 218 Å². The van der Waals surface area contributed by atoms with Crippen molar-refractivity contribution in [3.63, 3.8) is 0 Å². The largest absolute Gasteiger partial charge is 0.207 e. The molecule has 0 aromatic heterocycles. The van der Waals surface area contributed by atoms with E-state index in [1.807, 2.05) is 32.0 Å². The van der Waals surface area contributed by atoms with Crippen LogP contribution in [0.2, 0.25) is 0 Å². The first-order valence-corrected chi connectivity index (χ1v) is 41.3. The highest BCUT2D eigenvalue weighted by atomic mass is 19.2. The molecule has 10 aromatic rings. The molecule has 626 valence electrons. The molecule has 116 heavy (non-hydrogen) atoms. The predicted octanol–water partition coefficient (Wildman–Crippen LogP) is 33.4. The van der Waals surface area contributed by atoms with Crippen LogP contribution in [0.4, 0.5) is 52.7 Å². The van der Waals surface area contributed by atoms with Crippen molar-refractivity contribution in [2.24, 2.45) is 41.4 Å². The molecule has 0 radical (unpaired) electrons. The van der Waals surface area contributed by atoms with Gasteiger partial charge in [0.1, 0.15) is 23.3 Å². The molecule has 0 saturated heterocycles. The van der Waals surface area contributed by atoms with Gasteiger partial charge in [-0.05, 0) is 242 Å². The van der Waals surface area contributed by atoms with Crippen LogP contribution in [0, 0.1) is 194 Å². The fourth-order valence-electron chi connectivity index (χ4n) is 13.3. The minimum absolute atomic E-state index is 0.0504. The molecule has 4 aliphatic carbocycles. The minimum Gasteiger partial charge on any atom is -0.207 e. The Morgan fingerprint density at radius 2 is 0.431 bits per heavy atom. The summed E-state index contributed by atoms with van der Waals surface area (Å²) in [7, 11) is 0. The molecule has 12 heteroatoms. The predicted molar refractivity (Wildman–Crippen MR) is 464 cm³/mol. The standard InChI is InChI=1S/3C14H11F3.C14H12F2.C8H9F.3C8H16.C8H14.C8H10/c2*1-8-3-5-10(7-12(8)15)11-6-4-9(2)13(16)14(11)17;1-8-3-5-10(12(15)7-8)11-6-4-9(2)13(16)14(11)17;1-9-3-6-11(7-4-9)12-8-5-10(2)13(15)14(12)16;1-6-3-4-7(2)8(9)5-6;5*1-7-3-5-8(2)6-4-7/h3*3-7H,1-2H3;3-8H,1-2H3;3-5H,1-2H3;3*7-8H,3-6H2,1-2H3;3,8H,4-6H2,1-2H3;3-6H,1-2H3. The Bertz CT molecular complexity index is 4490. The van der Waals surface area contributed by atoms with E-state index < -0.39 is 64.0 Å². The minimum atomic E-state index is -1.01. The zero-order valence-electron chi connectivity index (χ0n) is 72.4.